The second-order valence-electron chi connectivity index (χ2n) is 8.95. The smallest absolute Gasteiger partial charge is 0.283 e. The maximum absolute atomic E-state index is 15.1. The summed E-state index contributed by atoms with van der Waals surface area (Å²) in [6, 6.07) is 15.6. The minimum atomic E-state index is -0.568. The number of nitrogens with one attached hydrogen (secondary N) is 1. The first kappa shape index (κ1) is 23.1. The molecule has 0 spiro atoms. The molecule has 0 saturated carbocycles. The van der Waals surface area contributed by atoms with Gasteiger partial charge in [-0.1, -0.05) is 0 Å². The van der Waals surface area contributed by atoms with Crippen LogP contribution < -0.4 is 20.7 Å². The monoisotopic (exact) mass is 540 g/mol. The average Bonchev–Trinajstić information content (AvgIpc) is 3.22. The molecule has 192 valence electrons. The molecule has 4 aromatic heterocycles. The average molecular weight is 541 g/mol. The van der Waals surface area contributed by atoms with Crippen molar-refractivity contribution in [3.8, 4) is 27.8 Å². The zero-order valence-electron chi connectivity index (χ0n) is 20.3. The number of halogens is 2. The van der Waals surface area contributed by atoms with Gasteiger partial charge in [0.2, 0.25) is 0 Å². The van der Waals surface area contributed by atoms with Crippen molar-refractivity contribution in [3.63, 3.8) is 0 Å². The summed E-state index contributed by atoms with van der Waals surface area (Å²) in [5.74, 6) is -0.398. The normalized spacial score (nSPS) is 12.0. The highest BCUT2D eigenvalue weighted by atomic mass is 32.1. The number of hydrogen-bond donors (Lipinski definition) is 1. The van der Waals surface area contributed by atoms with E-state index in [1.807, 2.05) is 23.9 Å². The molecule has 0 saturated heterocycles. The fourth-order valence-corrected chi connectivity index (χ4v) is 5.37. The van der Waals surface area contributed by atoms with E-state index < -0.39 is 5.82 Å². The number of rotatable bonds is 6. The Morgan fingerprint density at radius 2 is 1.82 bits per heavy atom. The van der Waals surface area contributed by atoms with Gasteiger partial charge in [0.25, 0.3) is 5.56 Å². The number of nitrogens with zero attached hydrogens (tertiary/aromatic N) is 5. The number of anilines is 3. The van der Waals surface area contributed by atoms with Crippen LogP contribution in [0.4, 0.5) is 25.8 Å². The lowest BCUT2D eigenvalue weighted by Crippen LogP contribution is -2.18. The predicted molar refractivity (Wildman–Crippen MR) is 146 cm³/mol. The van der Waals surface area contributed by atoms with Crippen molar-refractivity contribution in [2.45, 2.75) is 0 Å². The van der Waals surface area contributed by atoms with Crippen molar-refractivity contribution in [2.75, 3.05) is 10.4 Å². The van der Waals surface area contributed by atoms with E-state index in [-0.39, 0.29) is 17.1 Å². The molecule has 1 N–H and O–H groups in total. The van der Waals surface area contributed by atoms with Crippen LogP contribution in [0.3, 0.4) is 0 Å². The summed E-state index contributed by atoms with van der Waals surface area (Å²) >= 11 is 1.47. The van der Waals surface area contributed by atoms with Gasteiger partial charge in [-0.2, -0.15) is 0 Å². The first-order chi connectivity index (χ1) is 18.9. The van der Waals surface area contributed by atoms with Gasteiger partial charge in [0.1, 0.15) is 11.6 Å². The molecule has 39 heavy (non-hydrogen) atoms. The number of hydrazine groups is 1. The van der Waals surface area contributed by atoms with Gasteiger partial charge in [-0.3, -0.25) is 19.8 Å². The molecule has 1 aliphatic heterocycles. The topological polar surface area (TPSA) is 77.0 Å². The Morgan fingerprint density at radius 1 is 0.974 bits per heavy atom. The van der Waals surface area contributed by atoms with Crippen LogP contribution >= 0.6 is 11.3 Å². The number of hydrogen-bond acceptors (Lipinski definition) is 7. The fraction of sp³-hybridized carbons (Fsp3) is 0.0357. The van der Waals surface area contributed by atoms with Crippen LogP contribution in [-0.4, -0.2) is 19.1 Å². The van der Waals surface area contributed by atoms with Gasteiger partial charge >= 0.3 is 0 Å². The SMILES string of the molecule is Cn1cnc(-c2cc3nccc(Oc4ccc(NN5c6ccn(-c7ccc(F)cc7)c(=O)c65)cc4F)c3s2)c1. The molecule has 0 radical (unpaired) electrons. The van der Waals surface area contributed by atoms with E-state index in [0.29, 0.717) is 28.5 Å². The standard InChI is InChI=1S/C28H18F2N6O2S/c1-34-14-21(32-15-34)25-13-20-27(39-25)24(8-10-31-20)38-23-7-4-17(12-19(23)30)33-36-22-9-11-35(28(37)26(22)36)18-5-2-16(29)3-6-18/h2-15,33H,1H3. The van der Waals surface area contributed by atoms with E-state index in [9.17, 15) is 9.18 Å². The number of pyridine rings is 2. The third kappa shape index (κ3) is 4.09. The van der Waals surface area contributed by atoms with Crippen molar-refractivity contribution < 1.29 is 13.5 Å². The van der Waals surface area contributed by atoms with Crippen LogP contribution in [0.2, 0.25) is 0 Å². The fourth-order valence-electron chi connectivity index (χ4n) is 4.35. The Morgan fingerprint density at radius 3 is 2.59 bits per heavy atom. The van der Waals surface area contributed by atoms with Crippen molar-refractivity contribution in [2.24, 2.45) is 7.05 Å². The summed E-state index contributed by atoms with van der Waals surface area (Å²) in [4.78, 5) is 22.7. The minimum Gasteiger partial charge on any atom is -0.453 e. The van der Waals surface area contributed by atoms with Gasteiger partial charge in [-0.25, -0.2) is 18.8 Å². The van der Waals surface area contributed by atoms with E-state index in [1.54, 1.807) is 41.9 Å². The van der Waals surface area contributed by atoms with Crippen molar-refractivity contribution in [1.82, 2.24) is 19.1 Å². The Bertz CT molecular complexity index is 1950. The Labute approximate surface area is 224 Å². The van der Waals surface area contributed by atoms with E-state index in [2.05, 4.69) is 15.4 Å². The molecule has 0 bridgehead atoms. The Hall–Kier alpha value is -5.03. The molecule has 11 heteroatoms. The number of imidazole rings is 1. The lowest BCUT2D eigenvalue weighted by atomic mass is 10.3. The van der Waals surface area contributed by atoms with Crippen LogP contribution in [0.1, 0.15) is 0 Å². The van der Waals surface area contributed by atoms with E-state index >= 15 is 4.39 Å². The molecule has 0 fully saturated rings. The highest BCUT2D eigenvalue weighted by molar-refractivity contribution is 7.22. The van der Waals surface area contributed by atoms with Crippen molar-refractivity contribution >= 4 is 38.6 Å². The Kier molecular flexibility index (Phi) is 5.20. The first-order valence-corrected chi connectivity index (χ1v) is 12.7. The molecule has 0 amide bonds. The predicted octanol–water partition coefficient (Wildman–Crippen LogP) is 6.40. The van der Waals surface area contributed by atoms with Crippen LogP contribution in [0.25, 0.3) is 26.5 Å². The summed E-state index contributed by atoms with van der Waals surface area (Å²) in [6.45, 7) is 0. The molecule has 1 aliphatic rings. The number of thiophene rings is 1. The van der Waals surface area contributed by atoms with Gasteiger partial charge in [-0.15, -0.1) is 11.3 Å². The van der Waals surface area contributed by atoms with Gasteiger partial charge in [0.15, 0.2) is 17.3 Å². The largest absolute Gasteiger partial charge is 0.453 e. The summed E-state index contributed by atoms with van der Waals surface area (Å²) in [6.07, 6.45) is 6.89. The molecular formula is C28H18F2N6O2S. The molecule has 5 heterocycles. The second-order valence-corrected chi connectivity index (χ2v) is 10.0. The van der Waals surface area contributed by atoms with Crippen LogP contribution in [0.5, 0.6) is 11.5 Å². The number of aromatic nitrogens is 4. The molecular weight excluding hydrogens is 522 g/mol. The Balaban J connectivity index is 1.11. The highest BCUT2D eigenvalue weighted by Crippen LogP contribution is 2.44. The maximum Gasteiger partial charge on any atom is 0.283 e. The molecule has 8 nitrogen and oxygen atoms in total. The van der Waals surface area contributed by atoms with Gasteiger partial charge in [0.05, 0.1) is 38.5 Å². The quantitative estimate of drug-likeness (QED) is 0.247. The van der Waals surface area contributed by atoms with Crippen LogP contribution in [0.15, 0.2) is 90.4 Å². The number of aryl methyl sites for hydroxylation is 1. The number of fused-ring (bicyclic) bond motifs is 2. The molecule has 0 atom stereocenters. The summed E-state index contributed by atoms with van der Waals surface area (Å²) < 4.78 is 38.4. The summed E-state index contributed by atoms with van der Waals surface area (Å²) in [7, 11) is 1.90. The maximum atomic E-state index is 15.1. The van der Waals surface area contributed by atoms with Gasteiger partial charge < -0.3 is 9.30 Å². The summed E-state index contributed by atoms with van der Waals surface area (Å²) in [5.41, 5.74) is 6.44. The third-order valence-corrected chi connectivity index (χ3v) is 7.45. The van der Waals surface area contributed by atoms with Crippen LogP contribution in [-0.2, 0) is 7.05 Å². The van der Waals surface area contributed by atoms with Crippen molar-refractivity contribution in [1.29, 1.82) is 0 Å². The first-order valence-electron chi connectivity index (χ1n) is 11.9. The minimum absolute atomic E-state index is 0.0582. The van der Waals surface area contributed by atoms with E-state index in [0.717, 1.165) is 20.8 Å². The number of ether oxygens (including phenoxy) is 1. The van der Waals surface area contributed by atoms with Crippen LogP contribution in [0, 0.1) is 11.6 Å². The number of benzene rings is 2. The lowest BCUT2D eigenvalue weighted by Gasteiger charge is -2.11. The van der Waals surface area contributed by atoms with Gasteiger partial charge in [0, 0.05) is 43.5 Å². The van der Waals surface area contributed by atoms with E-state index in [1.165, 1.54) is 52.3 Å². The second kappa shape index (κ2) is 8.77. The highest BCUT2D eigenvalue weighted by Gasteiger charge is 2.34. The zero-order chi connectivity index (χ0) is 26.7. The van der Waals surface area contributed by atoms with Crippen molar-refractivity contribution in [3.05, 3.63) is 108 Å². The summed E-state index contributed by atoms with van der Waals surface area (Å²) in [5, 5.41) is 1.58. The molecule has 0 unspecified atom stereocenters. The molecule has 7 rings (SSSR count). The van der Waals surface area contributed by atoms with Gasteiger partial charge in [-0.05, 0) is 48.5 Å². The zero-order valence-corrected chi connectivity index (χ0v) is 21.1. The molecule has 2 aromatic carbocycles. The molecule has 6 aromatic rings. The van der Waals surface area contributed by atoms with E-state index in [4.69, 9.17) is 4.74 Å². The lowest BCUT2D eigenvalue weighted by molar-refractivity contribution is 0.447. The molecule has 0 aliphatic carbocycles. The third-order valence-electron chi connectivity index (χ3n) is 6.29.